The lowest BCUT2D eigenvalue weighted by molar-refractivity contribution is -0.121. The molecule has 0 saturated heterocycles. The number of aromatic nitrogens is 1. The van der Waals surface area contributed by atoms with E-state index in [2.05, 4.69) is 29.0 Å². The second kappa shape index (κ2) is 10.4. The highest BCUT2D eigenvalue weighted by Crippen LogP contribution is 2.27. The fourth-order valence-electron chi connectivity index (χ4n) is 3.22. The van der Waals surface area contributed by atoms with Crippen LogP contribution >= 0.6 is 11.6 Å². The first-order valence-electron chi connectivity index (χ1n) is 9.58. The number of hydrogen-bond donors (Lipinski definition) is 2. The molecule has 6 heteroatoms. The van der Waals surface area contributed by atoms with Crippen LogP contribution in [0.1, 0.15) is 37.3 Å². The normalized spacial score (nSPS) is 13.5. The predicted octanol–water partition coefficient (Wildman–Crippen LogP) is 3.86. The van der Waals surface area contributed by atoms with Crippen LogP contribution in [0.25, 0.3) is 0 Å². The highest BCUT2D eigenvalue weighted by Gasteiger charge is 2.21. The number of carbonyl (C=O) groups is 1. The molecule has 0 spiro atoms. The first-order valence-corrected chi connectivity index (χ1v) is 9.96. The fourth-order valence-corrected chi connectivity index (χ4v) is 3.43. The Hall–Kier alpha value is -2.11. The van der Waals surface area contributed by atoms with Crippen LogP contribution < -0.4 is 5.32 Å². The quantitative estimate of drug-likeness (QED) is 0.667. The largest absolute Gasteiger partial charge is 0.506 e. The van der Waals surface area contributed by atoms with E-state index in [1.807, 2.05) is 38.5 Å². The van der Waals surface area contributed by atoms with E-state index in [1.165, 1.54) is 0 Å². The van der Waals surface area contributed by atoms with Gasteiger partial charge in [0.25, 0.3) is 0 Å². The summed E-state index contributed by atoms with van der Waals surface area (Å²) in [5.74, 6) is 0.606. The second-order valence-corrected chi connectivity index (χ2v) is 8.16. The van der Waals surface area contributed by atoms with Crippen molar-refractivity contribution in [2.45, 2.75) is 38.6 Å². The van der Waals surface area contributed by atoms with Crippen molar-refractivity contribution in [3.05, 3.63) is 58.9 Å². The van der Waals surface area contributed by atoms with Gasteiger partial charge in [-0.05, 0) is 61.7 Å². The zero-order valence-electron chi connectivity index (χ0n) is 17.0. The van der Waals surface area contributed by atoms with Crippen LogP contribution in [0, 0.1) is 5.92 Å². The van der Waals surface area contributed by atoms with E-state index < -0.39 is 0 Å². The standard InChI is InChI=1S/C22H30ClN3O2/c1-15(2)19(17-6-5-9-24-13-17)12-22(28)25-14-18(26(3)4)10-16-7-8-21(27)20(23)11-16/h5-9,11,13,15,18-19,27H,10,12,14H2,1-4H3,(H,25,28)/t18-,19+/m0/s1. The van der Waals surface area contributed by atoms with Crippen molar-refractivity contribution in [1.29, 1.82) is 0 Å². The Morgan fingerprint density at radius 1 is 1.29 bits per heavy atom. The summed E-state index contributed by atoms with van der Waals surface area (Å²) in [5, 5.41) is 13.0. The van der Waals surface area contributed by atoms with E-state index in [0.29, 0.717) is 23.9 Å². The molecule has 2 rings (SSSR count). The average Bonchev–Trinajstić information content (AvgIpc) is 2.66. The third kappa shape index (κ3) is 6.50. The van der Waals surface area contributed by atoms with Crippen LogP contribution in [-0.4, -0.2) is 47.6 Å². The van der Waals surface area contributed by atoms with Crippen LogP contribution in [0.3, 0.4) is 0 Å². The molecular weight excluding hydrogens is 374 g/mol. The molecule has 0 unspecified atom stereocenters. The molecule has 2 N–H and O–H groups in total. The molecule has 0 fully saturated rings. The highest BCUT2D eigenvalue weighted by molar-refractivity contribution is 6.32. The van der Waals surface area contributed by atoms with Gasteiger partial charge in [-0.1, -0.05) is 37.6 Å². The van der Waals surface area contributed by atoms with Crippen LogP contribution in [0.4, 0.5) is 0 Å². The molecule has 1 heterocycles. The number of rotatable bonds is 9. The predicted molar refractivity (Wildman–Crippen MR) is 114 cm³/mol. The van der Waals surface area contributed by atoms with Gasteiger partial charge in [-0.3, -0.25) is 9.78 Å². The second-order valence-electron chi connectivity index (χ2n) is 7.75. The number of aromatic hydroxyl groups is 1. The smallest absolute Gasteiger partial charge is 0.220 e. The van der Waals surface area contributed by atoms with Gasteiger partial charge in [0.15, 0.2) is 0 Å². The molecule has 2 atom stereocenters. The highest BCUT2D eigenvalue weighted by atomic mass is 35.5. The zero-order chi connectivity index (χ0) is 20.7. The number of benzene rings is 1. The van der Waals surface area contributed by atoms with Crippen LogP contribution in [0.5, 0.6) is 5.75 Å². The first-order chi connectivity index (χ1) is 13.3. The molecule has 0 bridgehead atoms. The molecule has 0 aliphatic heterocycles. The Kier molecular flexibility index (Phi) is 8.27. The third-order valence-corrected chi connectivity index (χ3v) is 5.37. The Bertz CT molecular complexity index is 766. The topological polar surface area (TPSA) is 65.5 Å². The van der Waals surface area contributed by atoms with Gasteiger partial charge in [0.05, 0.1) is 5.02 Å². The summed E-state index contributed by atoms with van der Waals surface area (Å²) < 4.78 is 0. The molecule has 152 valence electrons. The number of nitrogens with zero attached hydrogens (tertiary/aromatic N) is 2. The lowest BCUT2D eigenvalue weighted by Gasteiger charge is -2.26. The van der Waals surface area contributed by atoms with E-state index >= 15 is 0 Å². The minimum Gasteiger partial charge on any atom is -0.506 e. The summed E-state index contributed by atoms with van der Waals surface area (Å²) >= 11 is 6.01. The van der Waals surface area contributed by atoms with Crippen molar-refractivity contribution in [1.82, 2.24) is 15.2 Å². The minimum absolute atomic E-state index is 0.0399. The fraction of sp³-hybridized carbons (Fsp3) is 0.455. The molecule has 1 amide bonds. The molecule has 0 aliphatic carbocycles. The Morgan fingerprint density at radius 3 is 2.61 bits per heavy atom. The SMILES string of the molecule is CC(C)[C@@H](CC(=O)NC[C@H](Cc1ccc(O)c(Cl)c1)N(C)C)c1cccnc1. The van der Waals surface area contributed by atoms with Gasteiger partial charge in [0, 0.05) is 31.4 Å². The monoisotopic (exact) mass is 403 g/mol. The Morgan fingerprint density at radius 2 is 2.04 bits per heavy atom. The van der Waals surface area contributed by atoms with E-state index in [9.17, 15) is 9.90 Å². The number of carbonyl (C=O) groups excluding carboxylic acids is 1. The summed E-state index contributed by atoms with van der Waals surface area (Å²) in [5.41, 5.74) is 2.11. The van der Waals surface area contributed by atoms with Crippen molar-refractivity contribution in [2.24, 2.45) is 5.92 Å². The van der Waals surface area contributed by atoms with Gasteiger partial charge in [-0.2, -0.15) is 0 Å². The number of phenols is 1. The molecule has 0 radical (unpaired) electrons. The van der Waals surface area contributed by atoms with E-state index in [-0.39, 0.29) is 23.6 Å². The van der Waals surface area contributed by atoms with E-state index in [0.717, 1.165) is 17.5 Å². The summed E-state index contributed by atoms with van der Waals surface area (Å²) in [6.07, 6.45) is 4.76. The number of amides is 1. The third-order valence-electron chi connectivity index (χ3n) is 5.07. The van der Waals surface area contributed by atoms with Gasteiger partial charge in [0.1, 0.15) is 5.75 Å². The number of nitrogens with one attached hydrogen (secondary N) is 1. The zero-order valence-corrected chi connectivity index (χ0v) is 17.8. The molecule has 1 aromatic carbocycles. The molecule has 0 saturated carbocycles. The Balaban J connectivity index is 1.96. The minimum atomic E-state index is 0.0399. The van der Waals surface area contributed by atoms with Gasteiger partial charge in [0.2, 0.25) is 5.91 Å². The number of likely N-dealkylation sites (N-methyl/N-ethyl adjacent to an activating group) is 1. The van der Waals surface area contributed by atoms with E-state index in [1.54, 1.807) is 18.3 Å². The van der Waals surface area contributed by atoms with Crippen molar-refractivity contribution in [3.63, 3.8) is 0 Å². The Labute approximate surface area is 172 Å². The molecule has 1 aromatic heterocycles. The maximum atomic E-state index is 12.6. The van der Waals surface area contributed by atoms with Crippen molar-refractivity contribution < 1.29 is 9.90 Å². The molecule has 0 aliphatic rings. The van der Waals surface area contributed by atoms with Gasteiger partial charge in [-0.25, -0.2) is 0 Å². The van der Waals surface area contributed by atoms with E-state index in [4.69, 9.17) is 11.6 Å². The summed E-state index contributed by atoms with van der Waals surface area (Å²) in [4.78, 5) is 18.9. The number of halogens is 1. The van der Waals surface area contributed by atoms with Crippen molar-refractivity contribution in [3.8, 4) is 5.75 Å². The van der Waals surface area contributed by atoms with Gasteiger partial charge >= 0.3 is 0 Å². The number of pyridine rings is 1. The first kappa shape index (κ1) is 22.2. The summed E-state index contributed by atoms with van der Waals surface area (Å²) in [7, 11) is 3.98. The average molecular weight is 404 g/mol. The van der Waals surface area contributed by atoms with Gasteiger partial charge in [-0.15, -0.1) is 0 Å². The summed E-state index contributed by atoms with van der Waals surface area (Å²) in [6.45, 7) is 4.80. The molecule has 5 nitrogen and oxygen atoms in total. The van der Waals surface area contributed by atoms with Crippen molar-refractivity contribution >= 4 is 17.5 Å². The maximum absolute atomic E-state index is 12.6. The van der Waals surface area contributed by atoms with Crippen LogP contribution in [0.15, 0.2) is 42.7 Å². The lowest BCUT2D eigenvalue weighted by atomic mass is 9.86. The van der Waals surface area contributed by atoms with Crippen LogP contribution in [-0.2, 0) is 11.2 Å². The molecule has 2 aromatic rings. The number of phenolic OH excluding ortho intramolecular Hbond substituents is 1. The molecular formula is C22H30ClN3O2. The lowest BCUT2D eigenvalue weighted by Crippen LogP contribution is -2.42. The van der Waals surface area contributed by atoms with Gasteiger partial charge < -0.3 is 15.3 Å². The maximum Gasteiger partial charge on any atom is 0.220 e. The van der Waals surface area contributed by atoms with Crippen LogP contribution in [0.2, 0.25) is 5.02 Å². The number of hydrogen-bond acceptors (Lipinski definition) is 4. The summed E-state index contributed by atoms with van der Waals surface area (Å²) in [6, 6.07) is 9.29. The van der Waals surface area contributed by atoms with Crippen molar-refractivity contribution in [2.75, 3.05) is 20.6 Å². The molecule has 28 heavy (non-hydrogen) atoms.